The second-order valence-corrected chi connectivity index (χ2v) is 19.4. The van der Waals surface area contributed by atoms with Crippen molar-refractivity contribution in [3.63, 3.8) is 0 Å². The predicted molar refractivity (Wildman–Crippen MR) is 302 cm³/mol. The van der Waals surface area contributed by atoms with Crippen molar-refractivity contribution in [2.24, 2.45) is 0 Å². The fourth-order valence-electron chi connectivity index (χ4n) is 8.11. The summed E-state index contributed by atoms with van der Waals surface area (Å²) in [5.74, 6) is -0.955. The van der Waals surface area contributed by atoms with E-state index in [-0.39, 0.29) is 31.1 Å². The zero-order valence-corrected chi connectivity index (χ0v) is 45.8. The van der Waals surface area contributed by atoms with Crippen LogP contribution in [0.2, 0.25) is 0 Å². The molecular weight excluding hydrogens is 865 g/mol. The van der Waals surface area contributed by atoms with E-state index in [2.05, 4.69) is 69.4 Å². The maximum Gasteiger partial charge on any atom is 0.306 e. The molecule has 0 amide bonds. The van der Waals surface area contributed by atoms with Gasteiger partial charge in [0.2, 0.25) is 0 Å². The minimum absolute atomic E-state index is 0.0985. The van der Waals surface area contributed by atoms with Crippen LogP contribution >= 0.6 is 0 Å². The Balaban J connectivity index is 4.46. The molecule has 0 aliphatic carbocycles. The summed E-state index contributed by atoms with van der Waals surface area (Å²) in [6.07, 6.45) is 76.8. The lowest BCUT2D eigenvalue weighted by Gasteiger charge is -2.18. The Morgan fingerprint density at radius 1 is 0.300 bits per heavy atom. The monoisotopic (exact) mass is 973 g/mol. The predicted octanol–water partition coefficient (Wildman–Crippen LogP) is 19.7. The zero-order valence-electron chi connectivity index (χ0n) is 45.8. The number of hydrogen-bond acceptors (Lipinski definition) is 6. The maximum absolute atomic E-state index is 12.9. The smallest absolute Gasteiger partial charge is 0.306 e. The highest BCUT2D eigenvalue weighted by Gasteiger charge is 2.19. The van der Waals surface area contributed by atoms with Crippen molar-refractivity contribution in [2.45, 2.75) is 277 Å². The van der Waals surface area contributed by atoms with Crippen LogP contribution in [0.3, 0.4) is 0 Å². The molecule has 0 aromatic carbocycles. The van der Waals surface area contributed by atoms with E-state index >= 15 is 0 Å². The third-order valence-electron chi connectivity index (χ3n) is 12.5. The summed E-state index contributed by atoms with van der Waals surface area (Å²) >= 11 is 0. The second-order valence-electron chi connectivity index (χ2n) is 19.4. The van der Waals surface area contributed by atoms with Crippen LogP contribution in [0, 0.1) is 0 Å². The number of unbranched alkanes of at least 4 members (excludes halogenated alkanes) is 31. The van der Waals surface area contributed by atoms with E-state index in [1.54, 1.807) is 0 Å². The molecule has 70 heavy (non-hydrogen) atoms. The Morgan fingerprint density at radius 3 is 0.886 bits per heavy atom. The van der Waals surface area contributed by atoms with Crippen molar-refractivity contribution in [2.75, 3.05) is 13.2 Å². The van der Waals surface area contributed by atoms with E-state index in [1.165, 1.54) is 135 Å². The molecule has 1 atom stereocenters. The van der Waals surface area contributed by atoms with Crippen molar-refractivity contribution >= 4 is 17.9 Å². The van der Waals surface area contributed by atoms with Crippen molar-refractivity contribution in [1.82, 2.24) is 0 Å². The Labute approximate surface area is 432 Å². The summed E-state index contributed by atoms with van der Waals surface area (Å²) in [6.45, 7) is 6.45. The quantitative estimate of drug-likeness (QED) is 0.0262. The highest BCUT2D eigenvalue weighted by atomic mass is 16.6. The Morgan fingerprint density at radius 2 is 0.557 bits per heavy atom. The van der Waals surface area contributed by atoms with Crippen LogP contribution in [0.5, 0.6) is 0 Å². The largest absolute Gasteiger partial charge is 0.462 e. The summed E-state index contributed by atoms with van der Waals surface area (Å²) in [6, 6.07) is 0. The van der Waals surface area contributed by atoms with Crippen LogP contribution in [0.25, 0.3) is 0 Å². The van der Waals surface area contributed by atoms with Gasteiger partial charge in [-0.1, -0.05) is 285 Å². The minimum atomic E-state index is -0.806. The Hall–Kier alpha value is -3.67. The first-order valence-electron chi connectivity index (χ1n) is 29.3. The molecule has 0 fully saturated rings. The molecule has 0 aliphatic rings. The molecule has 1 unspecified atom stereocenters. The van der Waals surface area contributed by atoms with Gasteiger partial charge in [-0.2, -0.15) is 0 Å². The molecule has 0 rings (SSSR count). The molecule has 400 valence electrons. The number of esters is 3. The van der Waals surface area contributed by atoms with Gasteiger partial charge in [-0.3, -0.25) is 14.4 Å². The molecule has 0 saturated heterocycles. The summed E-state index contributed by atoms with van der Waals surface area (Å²) in [5.41, 5.74) is 0. The van der Waals surface area contributed by atoms with Gasteiger partial charge in [-0.05, 0) is 64.2 Å². The maximum atomic E-state index is 12.9. The second kappa shape index (κ2) is 57.9. The van der Waals surface area contributed by atoms with Crippen LogP contribution in [0.4, 0.5) is 0 Å². The van der Waals surface area contributed by atoms with Gasteiger partial charge < -0.3 is 14.2 Å². The normalized spacial score (nSPS) is 12.8. The summed E-state index contributed by atoms with van der Waals surface area (Å²) in [7, 11) is 0. The van der Waals surface area contributed by atoms with Crippen LogP contribution in [0.1, 0.15) is 271 Å². The Bertz CT molecular complexity index is 1400. The molecule has 0 saturated carbocycles. The third kappa shape index (κ3) is 55.3. The number of rotatable bonds is 52. The van der Waals surface area contributed by atoms with E-state index in [1.807, 2.05) is 48.6 Å². The lowest BCUT2D eigenvalue weighted by molar-refractivity contribution is -0.167. The van der Waals surface area contributed by atoms with Gasteiger partial charge in [0.25, 0.3) is 0 Å². The van der Waals surface area contributed by atoms with Gasteiger partial charge in [-0.25, -0.2) is 0 Å². The van der Waals surface area contributed by atoms with E-state index < -0.39 is 6.10 Å². The van der Waals surface area contributed by atoms with Crippen LogP contribution in [-0.2, 0) is 28.6 Å². The number of carbonyl (C=O) groups is 3. The molecule has 0 radical (unpaired) electrons. The summed E-state index contributed by atoms with van der Waals surface area (Å²) < 4.78 is 16.8. The molecule has 0 aliphatic heterocycles. The van der Waals surface area contributed by atoms with Crippen LogP contribution in [0.15, 0.2) is 97.2 Å². The average molecular weight is 974 g/mol. The fourth-order valence-corrected chi connectivity index (χ4v) is 8.11. The van der Waals surface area contributed by atoms with Crippen LogP contribution < -0.4 is 0 Å². The molecule has 0 aromatic heterocycles. The van der Waals surface area contributed by atoms with E-state index in [0.29, 0.717) is 19.3 Å². The molecule has 0 spiro atoms. The molecule has 6 heteroatoms. The highest BCUT2D eigenvalue weighted by molar-refractivity contribution is 5.71. The number of hydrogen-bond donors (Lipinski definition) is 0. The van der Waals surface area contributed by atoms with Crippen LogP contribution in [-0.4, -0.2) is 37.2 Å². The lowest BCUT2D eigenvalue weighted by Crippen LogP contribution is -2.30. The van der Waals surface area contributed by atoms with E-state index in [4.69, 9.17) is 14.2 Å². The molecule has 0 N–H and O–H groups in total. The first kappa shape index (κ1) is 66.3. The molecule has 6 nitrogen and oxygen atoms in total. The van der Waals surface area contributed by atoms with Gasteiger partial charge >= 0.3 is 17.9 Å². The number of allylic oxidation sites excluding steroid dienone is 16. The third-order valence-corrected chi connectivity index (χ3v) is 12.5. The molecule has 0 bridgehead atoms. The van der Waals surface area contributed by atoms with Gasteiger partial charge in [0.05, 0.1) is 0 Å². The first-order chi connectivity index (χ1) is 34.5. The van der Waals surface area contributed by atoms with Gasteiger partial charge in [0.1, 0.15) is 13.2 Å². The van der Waals surface area contributed by atoms with E-state index in [9.17, 15) is 14.4 Å². The minimum Gasteiger partial charge on any atom is -0.462 e. The summed E-state index contributed by atoms with van der Waals surface area (Å²) in [4.78, 5) is 38.2. The topological polar surface area (TPSA) is 78.9 Å². The van der Waals surface area contributed by atoms with Gasteiger partial charge in [0.15, 0.2) is 6.10 Å². The number of carbonyl (C=O) groups excluding carboxylic acids is 3. The first-order valence-corrected chi connectivity index (χ1v) is 29.3. The highest BCUT2D eigenvalue weighted by Crippen LogP contribution is 2.16. The molecule has 0 aromatic rings. The SMILES string of the molecule is CC\C=C/C=C\C=C/C=C\C=C/CCCCCC(=O)OCC(COC(=O)CCCCCCCCCCCCCCCCCCCCC)OC(=O)CCCCCCC\C=C/C=C\C=C/CCCCCCC. The lowest BCUT2D eigenvalue weighted by atomic mass is 10.0. The van der Waals surface area contributed by atoms with Crippen molar-refractivity contribution < 1.29 is 28.6 Å². The van der Waals surface area contributed by atoms with Crippen molar-refractivity contribution in [3.8, 4) is 0 Å². The van der Waals surface area contributed by atoms with Crippen molar-refractivity contribution in [3.05, 3.63) is 97.2 Å². The fraction of sp³-hybridized carbons (Fsp3) is 0.703. The average Bonchev–Trinajstić information content (AvgIpc) is 3.36. The molecule has 0 heterocycles. The standard InChI is InChI=1S/C64H108O6/c1-4-7-10-13-16-19-22-25-28-30-32-34-36-39-42-45-48-51-54-57-63(66)69-60-61(59-68-62(65)56-53-50-47-44-41-38-35-27-24-21-18-15-12-9-6-3)70-64(67)58-55-52-49-46-43-40-37-33-31-29-26-23-20-17-14-11-8-5-2/h9,12,15,18,21,23-24,26-27,29,31,33,35,37-38,41,61H,4-8,10-11,13-14,16-17,19-20,22,25,28,30,32,34,36,39-40,42-60H2,1-3H3/b12-9-,18-15-,24-21-,26-23-,31-29-,35-27-,37-33-,41-38-. The van der Waals surface area contributed by atoms with Crippen molar-refractivity contribution in [1.29, 1.82) is 0 Å². The molecular formula is C64H108O6. The zero-order chi connectivity index (χ0) is 50.7. The van der Waals surface area contributed by atoms with Gasteiger partial charge in [0, 0.05) is 19.3 Å². The van der Waals surface area contributed by atoms with Gasteiger partial charge in [-0.15, -0.1) is 0 Å². The Kier molecular flexibility index (Phi) is 54.9. The summed E-state index contributed by atoms with van der Waals surface area (Å²) in [5, 5.41) is 0. The number of ether oxygens (including phenoxy) is 3. The van der Waals surface area contributed by atoms with E-state index in [0.717, 1.165) is 96.3 Å².